The third-order valence-electron chi connectivity index (χ3n) is 1.73. The van der Waals surface area contributed by atoms with Gasteiger partial charge in [0.1, 0.15) is 5.75 Å². The minimum atomic E-state index is -4.86. The summed E-state index contributed by atoms with van der Waals surface area (Å²) < 4.78 is 40.4. The summed E-state index contributed by atoms with van der Waals surface area (Å²) in [5.74, 6) is -1.84. The zero-order chi connectivity index (χ0) is 13.9. The molecule has 1 heterocycles. The highest BCUT2D eigenvalue weighted by Gasteiger charge is 2.32. The van der Waals surface area contributed by atoms with Gasteiger partial charge in [0.2, 0.25) is 0 Å². The van der Waals surface area contributed by atoms with Crippen LogP contribution in [0.4, 0.5) is 13.2 Å². The summed E-state index contributed by atoms with van der Waals surface area (Å²) in [6.07, 6.45) is -5.36. The lowest BCUT2D eigenvalue weighted by atomic mass is 10.2. The van der Waals surface area contributed by atoms with E-state index in [0.717, 1.165) is 6.07 Å². The van der Waals surface area contributed by atoms with Crippen molar-refractivity contribution in [2.75, 3.05) is 0 Å². The van der Waals surface area contributed by atoms with Crippen molar-refractivity contribution in [1.82, 2.24) is 4.98 Å². The molecule has 0 bridgehead atoms. The van der Waals surface area contributed by atoms with Crippen molar-refractivity contribution in [3.63, 3.8) is 0 Å². The Hall–Kier alpha value is -0.770. The highest BCUT2D eigenvalue weighted by molar-refractivity contribution is 14.1. The number of carbonyl (C=O) groups is 1. The molecule has 0 radical (unpaired) electrons. The molecule has 0 aromatic carbocycles. The quantitative estimate of drug-likeness (QED) is 0.629. The zero-order valence-corrected chi connectivity index (χ0v) is 11.5. The van der Waals surface area contributed by atoms with Crippen molar-refractivity contribution in [2.24, 2.45) is 0 Å². The second-order valence-electron chi connectivity index (χ2n) is 3.12. The maximum Gasteiger partial charge on any atom is 0.573 e. The Morgan fingerprint density at radius 2 is 2.17 bits per heavy atom. The van der Waals surface area contributed by atoms with Gasteiger partial charge in [-0.2, -0.15) is 0 Å². The molecule has 0 saturated carbocycles. The Morgan fingerprint density at radius 3 is 2.61 bits per heavy atom. The van der Waals surface area contributed by atoms with Crippen LogP contribution < -0.4 is 4.74 Å². The molecule has 0 fully saturated rings. The van der Waals surface area contributed by atoms with Gasteiger partial charge in [0.15, 0.2) is 0 Å². The molecule has 0 unspecified atom stereocenters. The molecule has 0 saturated heterocycles. The average Bonchev–Trinajstić information content (AvgIpc) is 2.19. The van der Waals surface area contributed by atoms with E-state index in [9.17, 15) is 18.0 Å². The minimum Gasteiger partial charge on any atom is -0.481 e. The van der Waals surface area contributed by atoms with E-state index in [1.165, 1.54) is 0 Å². The summed E-state index contributed by atoms with van der Waals surface area (Å²) >= 11 is 7.14. The number of rotatable bonds is 4. The molecular weight excluding hydrogens is 389 g/mol. The molecule has 1 rings (SSSR count). The molecular formula is C9H6ClF3INO3. The summed E-state index contributed by atoms with van der Waals surface area (Å²) in [7, 11) is 0. The molecule has 100 valence electrons. The lowest BCUT2D eigenvalue weighted by Crippen LogP contribution is -2.19. The van der Waals surface area contributed by atoms with Crippen LogP contribution in [-0.2, 0) is 17.1 Å². The van der Waals surface area contributed by atoms with Crippen molar-refractivity contribution in [3.8, 4) is 5.75 Å². The van der Waals surface area contributed by atoms with Crippen molar-refractivity contribution < 1.29 is 27.8 Å². The highest BCUT2D eigenvalue weighted by Crippen LogP contribution is 2.30. The number of hydrogen-bond donors (Lipinski definition) is 1. The summed E-state index contributed by atoms with van der Waals surface area (Å²) in [6.45, 7) is 0. The molecule has 18 heavy (non-hydrogen) atoms. The molecule has 4 nitrogen and oxygen atoms in total. The fourth-order valence-corrected chi connectivity index (χ4v) is 2.14. The average molecular weight is 396 g/mol. The Balaban J connectivity index is 3.18. The van der Waals surface area contributed by atoms with Crippen LogP contribution in [0.2, 0.25) is 0 Å². The van der Waals surface area contributed by atoms with Crippen LogP contribution in [0.25, 0.3) is 0 Å². The number of nitrogens with zero attached hydrogens (tertiary/aromatic N) is 1. The number of hydrogen-bond acceptors (Lipinski definition) is 3. The van der Waals surface area contributed by atoms with Crippen LogP contribution in [0, 0.1) is 3.57 Å². The molecule has 0 aliphatic carbocycles. The second-order valence-corrected chi connectivity index (χ2v) is 4.47. The third kappa shape index (κ3) is 4.48. The van der Waals surface area contributed by atoms with Crippen molar-refractivity contribution in [2.45, 2.75) is 18.7 Å². The number of carboxylic acids is 1. The Morgan fingerprint density at radius 1 is 1.56 bits per heavy atom. The second kappa shape index (κ2) is 5.91. The van der Waals surface area contributed by atoms with Crippen molar-refractivity contribution in [1.29, 1.82) is 0 Å². The van der Waals surface area contributed by atoms with E-state index in [-0.39, 0.29) is 20.8 Å². The Labute approximate surface area is 118 Å². The van der Waals surface area contributed by atoms with E-state index < -0.39 is 24.5 Å². The maximum atomic E-state index is 12.2. The number of pyridine rings is 1. The standard InChI is InChI=1S/C9H6ClF3INO3/c10-3-5-8(14)6(18-9(11,12)13)1-4(15-5)2-7(16)17/h1H,2-3H2,(H,16,17). The molecule has 1 N–H and O–H groups in total. The largest absolute Gasteiger partial charge is 0.573 e. The van der Waals surface area contributed by atoms with Crippen LogP contribution in [0.3, 0.4) is 0 Å². The lowest BCUT2D eigenvalue weighted by Gasteiger charge is -2.13. The Bertz CT molecular complexity index is 467. The monoisotopic (exact) mass is 395 g/mol. The highest BCUT2D eigenvalue weighted by atomic mass is 127. The molecule has 0 amide bonds. The fraction of sp³-hybridized carbons (Fsp3) is 0.333. The Kier molecular flexibility index (Phi) is 5.02. The SMILES string of the molecule is O=C(O)Cc1cc(OC(F)(F)F)c(I)c(CCl)n1. The van der Waals surface area contributed by atoms with Gasteiger partial charge in [-0.15, -0.1) is 24.8 Å². The van der Waals surface area contributed by atoms with E-state index in [1.54, 1.807) is 22.6 Å². The van der Waals surface area contributed by atoms with Crippen molar-refractivity contribution in [3.05, 3.63) is 21.0 Å². The van der Waals surface area contributed by atoms with Gasteiger partial charge in [0, 0.05) is 6.07 Å². The number of halogens is 5. The zero-order valence-electron chi connectivity index (χ0n) is 8.59. The third-order valence-corrected chi connectivity index (χ3v) is 3.14. The predicted octanol–water partition coefficient (Wildman–Crippen LogP) is 2.95. The first kappa shape index (κ1) is 15.3. The molecule has 0 aliphatic rings. The van der Waals surface area contributed by atoms with Gasteiger partial charge in [0.25, 0.3) is 0 Å². The number of aromatic nitrogens is 1. The summed E-state index contributed by atoms with van der Waals surface area (Å²) in [5.41, 5.74) is 0.105. The van der Waals surface area contributed by atoms with Gasteiger partial charge in [-0.25, -0.2) is 0 Å². The summed E-state index contributed by atoms with van der Waals surface area (Å²) in [5, 5.41) is 8.59. The lowest BCUT2D eigenvalue weighted by molar-refractivity contribution is -0.275. The first-order chi connectivity index (χ1) is 8.23. The van der Waals surface area contributed by atoms with Crippen LogP contribution in [0.5, 0.6) is 5.75 Å². The number of aliphatic carboxylic acids is 1. The van der Waals surface area contributed by atoms with Gasteiger partial charge in [-0.3, -0.25) is 9.78 Å². The number of alkyl halides is 4. The van der Waals surface area contributed by atoms with Gasteiger partial charge in [-0.1, -0.05) is 0 Å². The first-order valence-electron chi connectivity index (χ1n) is 4.44. The van der Waals surface area contributed by atoms with Crippen LogP contribution >= 0.6 is 34.2 Å². The summed E-state index contributed by atoms with van der Waals surface area (Å²) in [6, 6.07) is 0.944. The number of carboxylic acid groups (broad SMARTS) is 1. The van der Waals surface area contributed by atoms with Crippen LogP contribution in [0.1, 0.15) is 11.4 Å². The predicted molar refractivity (Wildman–Crippen MR) is 64.5 cm³/mol. The van der Waals surface area contributed by atoms with E-state index in [1.807, 2.05) is 0 Å². The van der Waals surface area contributed by atoms with Gasteiger partial charge < -0.3 is 9.84 Å². The van der Waals surface area contributed by atoms with Gasteiger partial charge in [-0.05, 0) is 22.6 Å². The topological polar surface area (TPSA) is 59.4 Å². The molecule has 1 aromatic rings. The minimum absolute atomic E-state index is 0.0437. The molecule has 9 heteroatoms. The normalized spacial score (nSPS) is 11.4. The number of ether oxygens (including phenoxy) is 1. The maximum absolute atomic E-state index is 12.2. The molecule has 0 spiro atoms. The van der Waals surface area contributed by atoms with E-state index >= 15 is 0 Å². The summed E-state index contributed by atoms with van der Waals surface area (Å²) in [4.78, 5) is 14.4. The van der Waals surface area contributed by atoms with Gasteiger partial charge in [0.05, 0.1) is 27.3 Å². The first-order valence-corrected chi connectivity index (χ1v) is 6.06. The van der Waals surface area contributed by atoms with E-state index in [0.29, 0.717) is 0 Å². The van der Waals surface area contributed by atoms with E-state index in [2.05, 4.69) is 9.72 Å². The smallest absolute Gasteiger partial charge is 0.481 e. The van der Waals surface area contributed by atoms with Gasteiger partial charge >= 0.3 is 12.3 Å². The van der Waals surface area contributed by atoms with Crippen LogP contribution in [-0.4, -0.2) is 22.4 Å². The fourth-order valence-electron chi connectivity index (χ4n) is 1.14. The van der Waals surface area contributed by atoms with Crippen molar-refractivity contribution >= 4 is 40.2 Å². The molecule has 0 atom stereocenters. The molecule has 0 aliphatic heterocycles. The van der Waals surface area contributed by atoms with Crippen LogP contribution in [0.15, 0.2) is 6.07 Å². The van der Waals surface area contributed by atoms with E-state index in [4.69, 9.17) is 16.7 Å². The molecule has 1 aromatic heterocycles.